The zero-order valence-corrected chi connectivity index (χ0v) is 15.4. The Morgan fingerprint density at radius 1 is 1.00 bits per heavy atom. The number of carbonyl (C=O) groups is 1. The Bertz CT molecular complexity index is 853. The monoisotopic (exact) mass is 381 g/mol. The third kappa shape index (κ3) is 6.31. The standard InChI is InChI=1S/C21H20ClN3O2/c22-17-8-6-16(7-9-17)14-23-20-11-10-18(15-24-20)25-21(26)12-13-27-19-4-2-1-3-5-19/h1-11,15H,12-14H2,(H,23,24)(H,25,26). The molecule has 0 aliphatic rings. The molecule has 6 heteroatoms. The summed E-state index contributed by atoms with van der Waals surface area (Å²) in [6.45, 7) is 0.969. The van der Waals surface area contributed by atoms with E-state index in [0.717, 1.165) is 17.1 Å². The van der Waals surface area contributed by atoms with Crippen LogP contribution >= 0.6 is 11.6 Å². The van der Waals surface area contributed by atoms with Crippen LogP contribution in [0.2, 0.25) is 5.02 Å². The number of hydrogen-bond donors (Lipinski definition) is 2. The van der Waals surface area contributed by atoms with Gasteiger partial charge in [-0.2, -0.15) is 0 Å². The summed E-state index contributed by atoms with van der Waals surface area (Å²) in [7, 11) is 0. The first-order valence-corrected chi connectivity index (χ1v) is 8.99. The highest BCUT2D eigenvalue weighted by Crippen LogP contribution is 2.14. The molecule has 0 saturated heterocycles. The molecule has 27 heavy (non-hydrogen) atoms. The van der Waals surface area contributed by atoms with Crippen LogP contribution in [0.4, 0.5) is 11.5 Å². The van der Waals surface area contributed by atoms with E-state index in [-0.39, 0.29) is 12.3 Å². The van der Waals surface area contributed by atoms with Gasteiger partial charge in [0.25, 0.3) is 0 Å². The van der Waals surface area contributed by atoms with Crippen LogP contribution in [0.3, 0.4) is 0 Å². The zero-order chi connectivity index (χ0) is 18.9. The number of rotatable bonds is 8. The van der Waals surface area contributed by atoms with E-state index in [4.69, 9.17) is 16.3 Å². The number of pyridine rings is 1. The second kappa shape index (κ2) is 9.59. The molecule has 0 fully saturated rings. The van der Waals surface area contributed by atoms with Gasteiger partial charge in [0.1, 0.15) is 11.6 Å². The van der Waals surface area contributed by atoms with E-state index in [1.54, 1.807) is 6.20 Å². The molecule has 0 atom stereocenters. The number of hydrogen-bond acceptors (Lipinski definition) is 4. The predicted octanol–water partition coefficient (Wildman–Crippen LogP) is 4.75. The fourth-order valence-electron chi connectivity index (χ4n) is 2.37. The Hall–Kier alpha value is -3.05. The molecule has 1 amide bonds. The number of amides is 1. The summed E-state index contributed by atoms with van der Waals surface area (Å²) >= 11 is 5.88. The summed E-state index contributed by atoms with van der Waals surface area (Å²) < 4.78 is 5.52. The molecule has 0 unspecified atom stereocenters. The highest BCUT2D eigenvalue weighted by Gasteiger charge is 2.04. The lowest BCUT2D eigenvalue weighted by molar-refractivity contribution is -0.116. The third-order valence-electron chi connectivity index (χ3n) is 3.78. The van der Waals surface area contributed by atoms with Crippen molar-refractivity contribution in [1.29, 1.82) is 0 Å². The maximum absolute atomic E-state index is 12.0. The molecule has 3 rings (SSSR count). The van der Waals surface area contributed by atoms with E-state index in [0.29, 0.717) is 23.9 Å². The lowest BCUT2D eigenvalue weighted by atomic mass is 10.2. The minimum absolute atomic E-state index is 0.116. The Kier molecular flexibility index (Phi) is 6.66. The van der Waals surface area contributed by atoms with Crippen LogP contribution in [0.1, 0.15) is 12.0 Å². The first-order chi connectivity index (χ1) is 13.2. The van der Waals surface area contributed by atoms with Crippen molar-refractivity contribution in [3.05, 3.63) is 83.5 Å². The summed E-state index contributed by atoms with van der Waals surface area (Å²) in [5.41, 5.74) is 1.76. The fourth-order valence-corrected chi connectivity index (χ4v) is 2.50. The lowest BCUT2D eigenvalue weighted by Gasteiger charge is -2.09. The van der Waals surface area contributed by atoms with Crippen LogP contribution in [-0.4, -0.2) is 17.5 Å². The van der Waals surface area contributed by atoms with Gasteiger partial charge >= 0.3 is 0 Å². The van der Waals surface area contributed by atoms with Gasteiger partial charge < -0.3 is 15.4 Å². The Morgan fingerprint density at radius 3 is 2.48 bits per heavy atom. The first-order valence-electron chi connectivity index (χ1n) is 8.61. The molecule has 3 aromatic rings. The van der Waals surface area contributed by atoms with Crippen LogP contribution in [-0.2, 0) is 11.3 Å². The van der Waals surface area contributed by atoms with E-state index in [9.17, 15) is 4.79 Å². The van der Waals surface area contributed by atoms with Crippen molar-refractivity contribution in [3.8, 4) is 5.75 Å². The smallest absolute Gasteiger partial charge is 0.227 e. The molecule has 0 aliphatic heterocycles. The predicted molar refractivity (Wildman–Crippen MR) is 108 cm³/mol. The minimum Gasteiger partial charge on any atom is -0.493 e. The van der Waals surface area contributed by atoms with Gasteiger partial charge in [-0.15, -0.1) is 0 Å². The summed E-state index contributed by atoms with van der Waals surface area (Å²) in [4.78, 5) is 16.3. The number of nitrogens with zero attached hydrogens (tertiary/aromatic N) is 1. The van der Waals surface area contributed by atoms with E-state index in [1.165, 1.54) is 0 Å². The number of anilines is 2. The number of benzene rings is 2. The molecule has 138 valence electrons. The van der Waals surface area contributed by atoms with Gasteiger partial charge in [-0.05, 0) is 42.0 Å². The van der Waals surface area contributed by atoms with Crippen molar-refractivity contribution in [3.63, 3.8) is 0 Å². The third-order valence-corrected chi connectivity index (χ3v) is 4.03. The SMILES string of the molecule is O=C(CCOc1ccccc1)Nc1ccc(NCc2ccc(Cl)cc2)nc1. The second-order valence-corrected chi connectivity index (χ2v) is 6.31. The van der Waals surface area contributed by atoms with Gasteiger partial charge in [0.05, 0.1) is 24.9 Å². The molecule has 0 saturated carbocycles. The van der Waals surface area contributed by atoms with Crippen molar-refractivity contribution in [1.82, 2.24) is 4.98 Å². The summed E-state index contributed by atoms with van der Waals surface area (Å²) in [6.07, 6.45) is 1.89. The van der Waals surface area contributed by atoms with Gasteiger partial charge in [0.15, 0.2) is 0 Å². The van der Waals surface area contributed by atoms with Crippen LogP contribution in [0.25, 0.3) is 0 Å². The van der Waals surface area contributed by atoms with Crippen molar-refractivity contribution in [2.24, 2.45) is 0 Å². The van der Waals surface area contributed by atoms with Gasteiger partial charge in [-0.3, -0.25) is 4.79 Å². The van der Waals surface area contributed by atoms with Crippen LogP contribution in [0.5, 0.6) is 5.75 Å². The van der Waals surface area contributed by atoms with Crippen molar-refractivity contribution in [2.45, 2.75) is 13.0 Å². The summed E-state index contributed by atoms with van der Waals surface area (Å²) in [5, 5.41) is 6.75. The molecule has 0 radical (unpaired) electrons. The second-order valence-electron chi connectivity index (χ2n) is 5.87. The first kappa shape index (κ1) is 18.7. The highest BCUT2D eigenvalue weighted by molar-refractivity contribution is 6.30. The largest absolute Gasteiger partial charge is 0.493 e. The molecule has 5 nitrogen and oxygen atoms in total. The number of nitrogens with one attached hydrogen (secondary N) is 2. The summed E-state index contributed by atoms with van der Waals surface area (Å²) in [5.74, 6) is 1.37. The molecule has 2 aromatic carbocycles. The van der Waals surface area contributed by atoms with E-state index < -0.39 is 0 Å². The fraction of sp³-hybridized carbons (Fsp3) is 0.143. The van der Waals surface area contributed by atoms with Gasteiger partial charge in [0.2, 0.25) is 5.91 Å². The maximum Gasteiger partial charge on any atom is 0.227 e. The van der Waals surface area contributed by atoms with Gasteiger partial charge in [-0.1, -0.05) is 41.9 Å². The Labute approximate surface area is 163 Å². The molecular weight excluding hydrogens is 362 g/mol. The molecular formula is C21H20ClN3O2. The van der Waals surface area contributed by atoms with Crippen LogP contribution in [0, 0.1) is 0 Å². The number of aromatic nitrogens is 1. The van der Waals surface area contributed by atoms with E-state index >= 15 is 0 Å². The normalized spacial score (nSPS) is 10.3. The van der Waals surface area contributed by atoms with E-state index in [2.05, 4.69) is 15.6 Å². The van der Waals surface area contributed by atoms with E-state index in [1.807, 2.05) is 66.7 Å². The number of ether oxygens (including phenoxy) is 1. The van der Waals surface area contributed by atoms with Crippen molar-refractivity contribution >= 4 is 29.0 Å². The Morgan fingerprint density at radius 2 is 1.78 bits per heavy atom. The Balaban J connectivity index is 1.41. The number of para-hydroxylation sites is 1. The minimum atomic E-state index is -0.116. The number of carbonyl (C=O) groups excluding carboxylic acids is 1. The lowest BCUT2D eigenvalue weighted by Crippen LogP contribution is -2.15. The molecule has 0 aliphatic carbocycles. The van der Waals surface area contributed by atoms with Crippen LogP contribution in [0.15, 0.2) is 72.9 Å². The van der Waals surface area contributed by atoms with Gasteiger partial charge in [0, 0.05) is 11.6 Å². The topological polar surface area (TPSA) is 63.2 Å². The average Bonchev–Trinajstić information content (AvgIpc) is 2.69. The van der Waals surface area contributed by atoms with Crippen molar-refractivity contribution < 1.29 is 9.53 Å². The molecule has 1 heterocycles. The highest BCUT2D eigenvalue weighted by atomic mass is 35.5. The van der Waals surface area contributed by atoms with Crippen LogP contribution < -0.4 is 15.4 Å². The van der Waals surface area contributed by atoms with Crippen molar-refractivity contribution in [2.75, 3.05) is 17.2 Å². The molecule has 0 spiro atoms. The summed E-state index contributed by atoms with van der Waals surface area (Å²) in [6, 6.07) is 20.7. The number of halogens is 1. The van der Waals surface area contributed by atoms with Gasteiger partial charge in [-0.25, -0.2) is 4.98 Å². The molecule has 0 bridgehead atoms. The molecule has 2 N–H and O–H groups in total. The molecule has 1 aromatic heterocycles. The maximum atomic E-state index is 12.0. The zero-order valence-electron chi connectivity index (χ0n) is 14.7. The average molecular weight is 382 g/mol. The quantitative estimate of drug-likeness (QED) is 0.590.